The topological polar surface area (TPSA) is 45.5 Å². The second-order valence-corrected chi connectivity index (χ2v) is 6.92. The van der Waals surface area contributed by atoms with Crippen molar-refractivity contribution in [2.24, 2.45) is 12.0 Å². The van der Waals surface area contributed by atoms with Gasteiger partial charge in [-0.15, -0.1) is 24.0 Å². The molecule has 0 amide bonds. The van der Waals surface area contributed by atoms with Gasteiger partial charge in [0.15, 0.2) is 5.96 Å². The van der Waals surface area contributed by atoms with E-state index in [9.17, 15) is 0 Å². The Labute approximate surface area is 182 Å². The summed E-state index contributed by atoms with van der Waals surface area (Å²) in [5, 5.41) is 9.00. The average molecular weight is 510 g/mol. The molecule has 5 nitrogen and oxygen atoms in total. The Bertz CT molecular complexity index is 773. The first-order chi connectivity index (χ1) is 11.8. The minimum Gasteiger partial charge on any atom is -0.356 e. The third-order valence-electron chi connectivity index (χ3n) is 4.29. The first-order valence-corrected chi connectivity index (χ1v) is 8.93. The van der Waals surface area contributed by atoms with E-state index in [1.54, 1.807) is 7.05 Å². The Kier molecular flexibility index (Phi) is 9.19. The van der Waals surface area contributed by atoms with E-state index in [0.717, 1.165) is 30.2 Å². The molecule has 1 N–H and O–H groups in total. The van der Waals surface area contributed by atoms with Crippen LogP contribution in [-0.4, -0.2) is 41.3 Å². The minimum atomic E-state index is 0. The van der Waals surface area contributed by atoms with E-state index >= 15 is 0 Å². The fourth-order valence-electron chi connectivity index (χ4n) is 2.85. The molecule has 0 saturated heterocycles. The maximum absolute atomic E-state index is 6.09. The second-order valence-electron chi connectivity index (χ2n) is 6.10. The van der Waals surface area contributed by atoms with Gasteiger partial charge in [-0.25, -0.2) is 0 Å². The molecule has 0 saturated carbocycles. The molecular weight excluding hydrogens is 484 g/mol. The smallest absolute Gasteiger partial charge is 0.193 e. The highest BCUT2D eigenvalue weighted by Gasteiger charge is 2.11. The van der Waals surface area contributed by atoms with Gasteiger partial charge in [-0.2, -0.15) is 5.10 Å². The number of nitrogens with one attached hydrogen (secondary N) is 1. The summed E-state index contributed by atoms with van der Waals surface area (Å²) >= 11 is 12.1. The van der Waals surface area contributed by atoms with E-state index in [2.05, 4.69) is 27.2 Å². The van der Waals surface area contributed by atoms with Crippen LogP contribution in [0.2, 0.25) is 10.0 Å². The van der Waals surface area contributed by atoms with Gasteiger partial charge >= 0.3 is 0 Å². The van der Waals surface area contributed by atoms with E-state index in [4.69, 9.17) is 23.2 Å². The molecule has 1 aromatic carbocycles. The quantitative estimate of drug-likeness (QED) is 0.373. The summed E-state index contributed by atoms with van der Waals surface area (Å²) in [6, 6.07) is 5.67. The Morgan fingerprint density at radius 1 is 1.27 bits per heavy atom. The average Bonchev–Trinajstić information content (AvgIpc) is 2.80. The monoisotopic (exact) mass is 509 g/mol. The first kappa shape index (κ1) is 23.0. The first-order valence-electron chi connectivity index (χ1n) is 8.18. The summed E-state index contributed by atoms with van der Waals surface area (Å²) in [5.41, 5.74) is 4.66. The van der Waals surface area contributed by atoms with Crippen molar-refractivity contribution >= 4 is 53.1 Å². The number of nitrogens with zero attached hydrogens (tertiary/aromatic N) is 4. The molecule has 0 aliphatic heterocycles. The lowest BCUT2D eigenvalue weighted by molar-refractivity contribution is 0.477. The van der Waals surface area contributed by atoms with Gasteiger partial charge in [0.2, 0.25) is 0 Å². The summed E-state index contributed by atoms with van der Waals surface area (Å²) in [7, 11) is 5.76. The van der Waals surface area contributed by atoms with Crippen LogP contribution in [-0.2, 0) is 20.0 Å². The lowest BCUT2D eigenvalue weighted by atomic mass is 10.1. The summed E-state index contributed by atoms with van der Waals surface area (Å²) in [6.07, 6.45) is 0.908. The Morgan fingerprint density at radius 3 is 2.50 bits per heavy atom. The lowest BCUT2D eigenvalue weighted by Gasteiger charge is -2.22. The van der Waals surface area contributed by atoms with Crippen molar-refractivity contribution in [3.63, 3.8) is 0 Å². The predicted molar refractivity (Wildman–Crippen MR) is 121 cm³/mol. The Balaban J connectivity index is 0.00000338. The van der Waals surface area contributed by atoms with Crippen molar-refractivity contribution in [2.75, 3.05) is 20.6 Å². The molecule has 2 aromatic rings. The maximum Gasteiger partial charge on any atom is 0.193 e. The van der Waals surface area contributed by atoms with Crippen molar-refractivity contribution in [1.29, 1.82) is 0 Å². The molecule has 0 bridgehead atoms. The van der Waals surface area contributed by atoms with E-state index in [0.29, 0.717) is 16.6 Å². The zero-order valence-electron chi connectivity index (χ0n) is 15.8. The number of benzene rings is 1. The van der Waals surface area contributed by atoms with E-state index < -0.39 is 0 Å². The number of guanidine groups is 1. The van der Waals surface area contributed by atoms with Gasteiger partial charge in [0, 0.05) is 39.9 Å². The van der Waals surface area contributed by atoms with E-state index in [-0.39, 0.29) is 24.0 Å². The highest BCUT2D eigenvalue weighted by molar-refractivity contribution is 14.0. The number of aliphatic imine (C=N–C) groups is 1. The Hall–Kier alpha value is -0.990. The van der Waals surface area contributed by atoms with Crippen LogP contribution in [0.4, 0.5) is 0 Å². The molecule has 8 heteroatoms. The van der Waals surface area contributed by atoms with Gasteiger partial charge in [-0.3, -0.25) is 9.67 Å². The molecule has 0 fully saturated rings. The number of halogens is 3. The summed E-state index contributed by atoms with van der Waals surface area (Å²) in [6.45, 7) is 5.64. The number of hydrogen-bond donors (Lipinski definition) is 1. The second kappa shape index (κ2) is 10.4. The maximum atomic E-state index is 6.09. The van der Waals surface area contributed by atoms with Crippen molar-refractivity contribution in [2.45, 2.75) is 26.8 Å². The zero-order valence-corrected chi connectivity index (χ0v) is 19.6. The number of aryl methyl sites for hydroxylation is 2. The number of hydrogen-bond acceptors (Lipinski definition) is 2. The fraction of sp³-hybridized carbons (Fsp3) is 0.444. The van der Waals surface area contributed by atoms with Crippen LogP contribution < -0.4 is 5.32 Å². The van der Waals surface area contributed by atoms with Crippen molar-refractivity contribution in [3.8, 4) is 0 Å². The summed E-state index contributed by atoms with van der Waals surface area (Å²) in [4.78, 5) is 6.42. The number of aromatic nitrogens is 2. The largest absolute Gasteiger partial charge is 0.356 e. The van der Waals surface area contributed by atoms with Gasteiger partial charge in [-0.1, -0.05) is 29.3 Å². The molecule has 1 aromatic heterocycles. The van der Waals surface area contributed by atoms with Crippen LogP contribution >= 0.6 is 47.2 Å². The van der Waals surface area contributed by atoms with Crippen LogP contribution in [0.25, 0.3) is 0 Å². The van der Waals surface area contributed by atoms with Gasteiger partial charge < -0.3 is 10.2 Å². The molecule has 0 unspecified atom stereocenters. The molecular formula is C18H26Cl2IN5. The van der Waals surface area contributed by atoms with Crippen molar-refractivity contribution in [3.05, 3.63) is 50.8 Å². The van der Waals surface area contributed by atoms with E-state index in [1.165, 1.54) is 11.3 Å². The molecule has 0 radical (unpaired) electrons. The predicted octanol–water partition coefficient (Wildman–Crippen LogP) is 4.21. The lowest BCUT2D eigenvalue weighted by Crippen LogP contribution is -2.39. The standard InChI is InChI=1S/C18H25Cl2N5.HI/c1-12-15(13(2)25(5)23-12)8-9-22-18(21-3)24(4)11-14-6-7-16(19)17(20)10-14;/h6-7,10H,8-9,11H2,1-5H3,(H,21,22);1H. The third kappa shape index (κ3) is 5.76. The van der Waals surface area contributed by atoms with Crippen LogP contribution in [0.3, 0.4) is 0 Å². The molecule has 0 aliphatic rings. The van der Waals surface area contributed by atoms with Gasteiger partial charge in [0.05, 0.1) is 15.7 Å². The van der Waals surface area contributed by atoms with Crippen LogP contribution in [0, 0.1) is 13.8 Å². The Morgan fingerprint density at radius 2 is 1.96 bits per heavy atom. The zero-order chi connectivity index (χ0) is 18.6. The third-order valence-corrected chi connectivity index (χ3v) is 5.03. The normalized spacial score (nSPS) is 11.3. The molecule has 144 valence electrons. The van der Waals surface area contributed by atoms with Gasteiger partial charge in [0.25, 0.3) is 0 Å². The molecule has 1 heterocycles. The van der Waals surface area contributed by atoms with Crippen LogP contribution in [0.5, 0.6) is 0 Å². The minimum absolute atomic E-state index is 0. The SMILES string of the molecule is CN=C(NCCc1c(C)nn(C)c1C)N(C)Cc1ccc(Cl)c(Cl)c1.I. The summed E-state index contributed by atoms with van der Waals surface area (Å²) < 4.78 is 1.93. The molecule has 0 atom stereocenters. The van der Waals surface area contributed by atoms with Crippen molar-refractivity contribution in [1.82, 2.24) is 20.0 Å². The molecule has 0 aliphatic carbocycles. The molecule has 0 spiro atoms. The highest BCUT2D eigenvalue weighted by atomic mass is 127. The van der Waals surface area contributed by atoms with Gasteiger partial charge in [0.1, 0.15) is 0 Å². The van der Waals surface area contributed by atoms with Crippen LogP contribution in [0.1, 0.15) is 22.5 Å². The van der Waals surface area contributed by atoms with Crippen molar-refractivity contribution < 1.29 is 0 Å². The highest BCUT2D eigenvalue weighted by Crippen LogP contribution is 2.23. The van der Waals surface area contributed by atoms with E-state index in [1.807, 2.05) is 43.9 Å². The molecule has 26 heavy (non-hydrogen) atoms. The van der Waals surface area contributed by atoms with Gasteiger partial charge in [-0.05, 0) is 43.5 Å². The number of rotatable bonds is 5. The molecule has 2 rings (SSSR count). The fourth-order valence-corrected chi connectivity index (χ4v) is 3.17. The summed E-state index contributed by atoms with van der Waals surface area (Å²) in [5.74, 6) is 0.838. The van der Waals surface area contributed by atoms with Crippen LogP contribution in [0.15, 0.2) is 23.2 Å².